The molecule has 0 aromatic carbocycles. The molecule has 0 amide bonds. The number of unbranched alkanes of at least 4 members (excludes halogenated alkanes) is 30. The third kappa shape index (κ3) is 52.1. The molecule has 0 rings (SSSR count). The average molecular weight is 924 g/mol. The van der Waals surface area contributed by atoms with Gasteiger partial charge in [-0.3, -0.25) is 14.4 Å². The van der Waals surface area contributed by atoms with Crippen LogP contribution in [0, 0.1) is 0 Å². The van der Waals surface area contributed by atoms with Crippen molar-refractivity contribution in [3.8, 4) is 0 Å². The van der Waals surface area contributed by atoms with Crippen LogP contribution in [0.25, 0.3) is 0 Å². The van der Waals surface area contributed by atoms with Gasteiger partial charge in [0.15, 0.2) is 6.10 Å². The van der Waals surface area contributed by atoms with Crippen molar-refractivity contribution in [3.63, 3.8) is 0 Å². The van der Waals surface area contributed by atoms with Gasteiger partial charge in [0, 0.05) is 19.3 Å². The summed E-state index contributed by atoms with van der Waals surface area (Å²) in [6, 6.07) is 0. The molecule has 1 unspecified atom stereocenters. The molecule has 0 radical (unpaired) electrons. The molecular formula is C60H106O6. The summed E-state index contributed by atoms with van der Waals surface area (Å²) in [5.74, 6) is -0.961. The fourth-order valence-electron chi connectivity index (χ4n) is 7.96. The SMILES string of the molecule is CCCCC/C=C\C/C=C\C/C=C\C/C=C\CCCC(=O)OC(COC(=O)CCCCC/C=C\CCCCCCCC)COC(=O)CCCCCCCCCCCCCCCCCCCC. The van der Waals surface area contributed by atoms with E-state index in [2.05, 4.69) is 81.5 Å². The van der Waals surface area contributed by atoms with Gasteiger partial charge < -0.3 is 14.2 Å². The molecule has 0 aliphatic carbocycles. The maximum absolute atomic E-state index is 12.8. The Morgan fingerprint density at radius 1 is 0.303 bits per heavy atom. The summed E-state index contributed by atoms with van der Waals surface area (Å²) in [4.78, 5) is 38.1. The predicted octanol–water partition coefficient (Wildman–Crippen LogP) is 18.8. The van der Waals surface area contributed by atoms with Gasteiger partial charge in [0.2, 0.25) is 0 Å². The van der Waals surface area contributed by atoms with Gasteiger partial charge in [0.25, 0.3) is 0 Å². The number of allylic oxidation sites excluding steroid dienone is 10. The Bertz CT molecular complexity index is 1200. The third-order valence-electron chi connectivity index (χ3n) is 12.2. The number of carbonyl (C=O) groups is 3. The maximum atomic E-state index is 12.8. The third-order valence-corrected chi connectivity index (χ3v) is 12.2. The lowest BCUT2D eigenvalue weighted by atomic mass is 10.0. The normalized spacial score (nSPS) is 12.5. The quantitative estimate of drug-likeness (QED) is 0.0262. The van der Waals surface area contributed by atoms with Crippen molar-refractivity contribution in [1.82, 2.24) is 0 Å². The van der Waals surface area contributed by atoms with Gasteiger partial charge in [-0.15, -0.1) is 0 Å². The summed E-state index contributed by atoms with van der Waals surface area (Å²) < 4.78 is 16.8. The number of carbonyl (C=O) groups excluding carboxylic acids is 3. The summed E-state index contributed by atoms with van der Waals surface area (Å²) in [6.45, 7) is 6.57. The van der Waals surface area contributed by atoms with E-state index in [0.29, 0.717) is 19.3 Å². The second kappa shape index (κ2) is 54.7. The Hall–Kier alpha value is -2.89. The van der Waals surface area contributed by atoms with Crippen molar-refractivity contribution < 1.29 is 28.6 Å². The van der Waals surface area contributed by atoms with E-state index in [4.69, 9.17) is 14.2 Å². The van der Waals surface area contributed by atoms with E-state index in [1.165, 1.54) is 161 Å². The average Bonchev–Trinajstić information content (AvgIpc) is 3.31. The van der Waals surface area contributed by atoms with E-state index in [0.717, 1.165) is 77.0 Å². The minimum atomic E-state index is -0.806. The van der Waals surface area contributed by atoms with Crippen LogP contribution in [-0.4, -0.2) is 37.2 Å². The van der Waals surface area contributed by atoms with Crippen LogP contribution < -0.4 is 0 Å². The highest BCUT2D eigenvalue weighted by Crippen LogP contribution is 2.16. The van der Waals surface area contributed by atoms with Crippen molar-refractivity contribution >= 4 is 17.9 Å². The van der Waals surface area contributed by atoms with E-state index in [1.807, 2.05) is 0 Å². The van der Waals surface area contributed by atoms with Gasteiger partial charge in [-0.05, 0) is 83.5 Å². The van der Waals surface area contributed by atoms with Gasteiger partial charge in [0.1, 0.15) is 13.2 Å². The van der Waals surface area contributed by atoms with Crippen LogP contribution >= 0.6 is 0 Å². The minimum absolute atomic E-state index is 0.0981. The van der Waals surface area contributed by atoms with Gasteiger partial charge in [-0.1, -0.05) is 242 Å². The smallest absolute Gasteiger partial charge is 0.306 e. The summed E-state index contributed by atoms with van der Waals surface area (Å²) in [7, 11) is 0. The Labute approximate surface area is 409 Å². The van der Waals surface area contributed by atoms with Gasteiger partial charge in [-0.2, -0.15) is 0 Å². The van der Waals surface area contributed by atoms with Crippen LogP contribution in [0.15, 0.2) is 60.8 Å². The Morgan fingerprint density at radius 2 is 0.561 bits per heavy atom. The Morgan fingerprint density at radius 3 is 0.955 bits per heavy atom. The van der Waals surface area contributed by atoms with Gasteiger partial charge in [0.05, 0.1) is 0 Å². The molecule has 1 atom stereocenters. The zero-order chi connectivity index (χ0) is 47.9. The van der Waals surface area contributed by atoms with E-state index < -0.39 is 6.10 Å². The molecule has 0 spiro atoms. The van der Waals surface area contributed by atoms with Crippen LogP contribution in [0.4, 0.5) is 0 Å². The summed E-state index contributed by atoms with van der Waals surface area (Å²) in [5, 5.41) is 0. The monoisotopic (exact) mass is 923 g/mol. The molecule has 0 aliphatic heterocycles. The molecule has 0 aromatic rings. The number of ether oxygens (including phenoxy) is 3. The van der Waals surface area contributed by atoms with Crippen LogP contribution in [0.2, 0.25) is 0 Å². The highest BCUT2D eigenvalue weighted by molar-refractivity contribution is 5.71. The number of hydrogen-bond donors (Lipinski definition) is 0. The molecule has 0 saturated heterocycles. The largest absolute Gasteiger partial charge is 0.462 e. The standard InChI is InChI=1S/C60H106O6/c1-4-7-10-13-16-19-22-25-27-29-31-32-35-38-41-44-47-50-53-59(62)65-56-57(55-64-58(61)52-49-46-43-40-37-34-24-21-18-15-12-9-6-3)66-60(63)54-51-48-45-42-39-36-33-30-28-26-23-20-17-14-11-8-5-2/h17,20,26,28,33-34,36-37,42,45,57H,4-16,18-19,21-25,27,29-32,35,38-41,43-44,46-56H2,1-3H3/b20-17-,28-26-,36-33-,37-34-,45-42-. The predicted molar refractivity (Wildman–Crippen MR) is 284 cm³/mol. The zero-order valence-electron chi connectivity index (χ0n) is 43.7. The molecule has 0 fully saturated rings. The van der Waals surface area contributed by atoms with Crippen molar-refractivity contribution in [3.05, 3.63) is 60.8 Å². The van der Waals surface area contributed by atoms with Crippen molar-refractivity contribution in [2.45, 2.75) is 290 Å². The number of hydrogen-bond acceptors (Lipinski definition) is 6. The fourth-order valence-corrected chi connectivity index (χ4v) is 7.96. The molecule has 66 heavy (non-hydrogen) atoms. The fraction of sp³-hybridized carbons (Fsp3) is 0.783. The van der Waals surface area contributed by atoms with Crippen molar-refractivity contribution in [2.75, 3.05) is 13.2 Å². The molecular weight excluding hydrogens is 817 g/mol. The highest BCUT2D eigenvalue weighted by Gasteiger charge is 2.19. The lowest BCUT2D eigenvalue weighted by Crippen LogP contribution is -2.30. The first kappa shape index (κ1) is 63.1. The Balaban J connectivity index is 4.44. The molecule has 0 aliphatic rings. The first-order valence-electron chi connectivity index (χ1n) is 28.3. The molecule has 0 aromatic heterocycles. The minimum Gasteiger partial charge on any atom is -0.462 e. The number of rotatable bonds is 51. The second-order valence-corrected chi connectivity index (χ2v) is 18.8. The first-order chi connectivity index (χ1) is 32.5. The maximum Gasteiger partial charge on any atom is 0.306 e. The molecule has 0 bridgehead atoms. The number of esters is 3. The topological polar surface area (TPSA) is 78.9 Å². The molecule has 6 nitrogen and oxygen atoms in total. The van der Waals surface area contributed by atoms with Crippen LogP contribution in [0.1, 0.15) is 284 Å². The Kier molecular flexibility index (Phi) is 52.3. The molecule has 0 heterocycles. The van der Waals surface area contributed by atoms with Crippen LogP contribution in [-0.2, 0) is 28.6 Å². The highest BCUT2D eigenvalue weighted by atomic mass is 16.6. The summed E-state index contributed by atoms with van der Waals surface area (Å²) in [6.07, 6.45) is 67.9. The van der Waals surface area contributed by atoms with Crippen molar-refractivity contribution in [1.29, 1.82) is 0 Å². The molecule has 0 N–H and O–H groups in total. The van der Waals surface area contributed by atoms with Gasteiger partial charge in [-0.25, -0.2) is 0 Å². The van der Waals surface area contributed by atoms with Crippen LogP contribution in [0.3, 0.4) is 0 Å². The summed E-state index contributed by atoms with van der Waals surface area (Å²) in [5.41, 5.74) is 0. The van der Waals surface area contributed by atoms with Crippen LogP contribution in [0.5, 0.6) is 0 Å². The summed E-state index contributed by atoms with van der Waals surface area (Å²) >= 11 is 0. The van der Waals surface area contributed by atoms with Gasteiger partial charge >= 0.3 is 17.9 Å². The van der Waals surface area contributed by atoms with E-state index >= 15 is 0 Å². The van der Waals surface area contributed by atoms with E-state index in [-0.39, 0.29) is 37.5 Å². The van der Waals surface area contributed by atoms with E-state index in [1.54, 1.807) is 0 Å². The van der Waals surface area contributed by atoms with Crippen molar-refractivity contribution in [2.24, 2.45) is 0 Å². The zero-order valence-corrected chi connectivity index (χ0v) is 43.7. The van der Waals surface area contributed by atoms with E-state index in [9.17, 15) is 14.4 Å². The lowest BCUT2D eigenvalue weighted by Gasteiger charge is -2.18. The molecule has 382 valence electrons. The molecule has 6 heteroatoms. The lowest BCUT2D eigenvalue weighted by molar-refractivity contribution is -0.167. The first-order valence-corrected chi connectivity index (χ1v) is 28.3. The molecule has 0 saturated carbocycles. The second-order valence-electron chi connectivity index (χ2n) is 18.8.